The third-order valence-corrected chi connectivity index (χ3v) is 14.4. The number of rotatable bonds is 5. The molecular formula is C58H32N6O2S. The first kappa shape index (κ1) is 36.4. The fourth-order valence-corrected chi connectivity index (χ4v) is 11.4. The van der Waals surface area contributed by atoms with Crippen molar-refractivity contribution >= 4 is 109 Å². The van der Waals surface area contributed by atoms with E-state index in [1.54, 1.807) is 11.3 Å². The Morgan fingerprint density at radius 2 is 0.881 bits per heavy atom. The average Bonchev–Trinajstić information content (AvgIpc) is 4.22. The lowest BCUT2D eigenvalue weighted by atomic mass is 10.1. The summed E-state index contributed by atoms with van der Waals surface area (Å²) >= 11 is 1.72. The second-order valence-electron chi connectivity index (χ2n) is 16.9. The molecule has 8 nitrogen and oxygen atoms in total. The minimum absolute atomic E-state index is 0.471. The largest absolute Gasteiger partial charge is 0.455 e. The number of hydrogen-bond acceptors (Lipinski definition) is 7. The van der Waals surface area contributed by atoms with Crippen molar-refractivity contribution in [1.29, 1.82) is 0 Å². The molecule has 9 aromatic carbocycles. The highest BCUT2D eigenvalue weighted by molar-refractivity contribution is 7.22. The van der Waals surface area contributed by atoms with Gasteiger partial charge in [0, 0.05) is 48.7 Å². The molecule has 0 amide bonds. The summed E-state index contributed by atoms with van der Waals surface area (Å²) in [5, 5.41) is 9.45. The van der Waals surface area contributed by atoms with E-state index in [2.05, 4.69) is 149 Å². The Morgan fingerprint density at radius 1 is 0.373 bits per heavy atom. The maximum Gasteiger partial charge on any atom is 0.238 e. The third kappa shape index (κ3) is 5.22. The molecule has 0 aliphatic heterocycles. The predicted molar refractivity (Wildman–Crippen MR) is 273 cm³/mol. The fourth-order valence-electron chi connectivity index (χ4n) is 10.3. The molecule has 0 fully saturated rings. The van der Waals surface area contributed by atoms with Crippen molar-refractivity contribution in [3.8, 4) is 45.0 Å². The Labute approximate surface area is 384 Å². The van der Waals surface area contributed by atoms with Gasteiger partial charge < -0.3 is 13.4 Å². The topological polar surface area (TPSA) is 87.7 Å². The molecule has 0 saturated carbocycles. The molecule has 312 valence electrons. The molecule has 0 atom stereocenters. The summed E-state index contributed by atoms with van der Waals surface area (Å²) in [4.78, 5) is 21.5. The van der Waals surface area contributed by atoms with Crippen LogP contribution < -0.4 is 0 Å². The van der Waals surface area contributed by atoms with E-state index in [1.165, 1.54) is 0 Å². The summed E-state index contributed by atoms with van der Waals surface area (Å²) in [6.07, 6.45) is 0. The summed E-state index contributed by atoms with van der Waals surface area (Å²) in [6, 6.07) is 67.2. The van der Waals surface area contributed by atoms with Crippen LogP contribution >= 0.6 is 11.3 Å². The molecule has 0 radical (unpaired) electrons. The first-order chi connectivity index (χ1) is 33.2. The number of para-hydroxylation sites is 6. The normalized spacial score (nSPS) is 12.2. The monoisotopic (exact) mass is 876 g/mol. The van der Waals surface area contributed by atoms with E-state index in [1.807, 2.05) is 54.6 Å². The zero-order chi connectivity index (χ0) is 43.7. The highest BCUT2D eigenvalue weighted by Crippen LogP contribution is 2.45. The molecule has 6 aromatic heterocycles. The van der Waals surface area contributed by atoms with Crippen LogP contribution in [0.1, 0.15) is 0 Å². The van der Waals surface area contributed by atoms with Crippen molar-refractivity contribution in [2.45, 2.75) is 0 Å². The second kappa shape index (κ2) is 13.8. The second-order valence-corrected chi connectivity index (χ2v) is 17.9. The summed E-state index contributed by atoms with van der Waals surface area (Å²) in [5.74, 6) is 1.44. The Hall–Kier alpha value is -8.92. The highest BCUT2D eigenvalue weighted by atomic mass is 32.1. The number of aromatic nitrogens is 6. The van der Waals surface area contributed by atoms with Gasteiger partial charge in [-0.05, 0) is 48.5 Å². The fraction of sp³-hybridized carbons (Fsp3) is 0. The maximum absolute atomic E-state index is 6.65. The van der Waals surface area contributed by atoms with Crippen LogP contribution in [0.4, 0.5) is 0 Å². The number of hydrogen-bond donors (Lipinski definition) is 0. The first-order valence-electron chi connectivity index (χ1n) is 22.2. The molecule has 0 saturated heterocycles. The number of benzene rings is 9. The molecular weight excluding hydrogens is 845 g/mol. The van der Waals surface area contributed by atoms with Crippen LogP contribution in [0.3, 0.4) is 0 Å². The zero-order valence-corrected chi connectivity index (χ0v) is 36.2. The summed E-state index contributed by atoms with van der Waals surface area (Å²) in [5.41, 5.74) is 11.7. The van der Waals surface area contributed by atoms with E-state index in [9.17, 15) is 0 Å². The lowest BCUT2D eigenvalue weighted by molar-refractivity contribution is 0.669. The van der Waals surface area contributed by atoms with Crippen LogP contribution in [0.2, 0.25) is 0 Å². The van der Waals surface area contributed by atoms with Gasteiger partial charge in [-0.2, -0.15) is 9.97 Å². The summed E-state index contributed by atoms with van der Waals surface area (Å²) < 4.78 is 19.1. The quantitative estimate of drug-likeness (QED) is 0.171. The lowest BCUT2D eigenvalue weighted by Gasteiger charge is -2.14. The minimum atomic E-state index is 0.471. The van der Waals surface area contributed by atoms with E-state index in [-0.39, 0.29) is 0 Å². The van der Waals surface area contributed by atoms with Gasteiger partial charge in [-0.15, -0.1) is 11.3 Å². The molecule has 15 aromatic rings. The van der Waals surface area contributed by atoms with E-state index in [0.29, 0.717) is 28.8 Å². The van der Waals surface area contributed by atoms with E-state index < -0.39 is 0 Å². The molecule has 0 N–H and O–H groups in total. The molecule has 0 aliphatic rings. The standard InChI is InChI=1S/C58H32N6O2S/c1-2-15-33(16-3-1)57-59-44-25-14-28-47(54(44)67-57)63-45-26-8-4-17-34(45)38-31-32-39-35-18-5-9-27-46(35)64(51(39)50(38)63)58-61-55(42-23-12-21-40-36-19-6-10-29-48(36)65-52(40)42)60-56(62-58)43-24-13-22-41-37-20-7-11-30-49(37)66-53(41)43/h1-32H. The van der Waals surface area contributed by atoms with Crippen molar-refractivity contribution < 1.29 is 8.83 Å². The molecule has 15 rings (SSSR count). The van der Waals surface area contributed by atoms with Gasteiger partial charge in [-0.25, -0.2) is 9.97 Å². The van der Waals surface area contributed by atoms with Crippen LogP contribution in [-0.2, 0) is 0 Å². The molecule has 0 unspecified atom stereocenters. The molecule has 0 bridgehead atoms. The van der Waals surface area contributed by atoms with Crippen LogP contribution in [0, 0.1) is 0 Å². The van der Waals surface area contributed by atoms with Crippen LogP contribution in [0.5, 0.6) is 0 Å². The van der Waals surface area contributed by atoms with Crippen molar-refractivity contribution in [3.63, 3.8) is 0 Å². The molecule has 67 heavy (non-hydrogen) atoms. The summed E-state index contributed by atoms with van der Waals surface area (Å²) in [7, 11) is 0. The molecule has 9 heteroatoms. The van der Waals surface area contributed by atoms with Gasteiger partial charge >= 0.3 is 0 Å². The van der Waals surface area contributed by atoms with Gasteiger partial charge in [0.2, 0.25) is 5.95 Å². The number of furan rings is 2. The smallest absolute Gasteiger partial charge is 0.238 e. The maximum atomic E-state index is 6.65. The number of thiazole rings is 1. The van der Waals surface area contributed by atoms with Gasteiger partial charge in [0.25, 0.3) is 0 Å². The molecule has 6 heterocycles. The lowest BCUT2D eigenvalue weighted by Crippen LogP contribution is -2.07. The van der Waals surface area contributed by atoms with Crippen LogP contribution in [0.15, 0.2) is 203 Å². The van der Waals surface area contributed by atoms with Gasteiger partial charge in [-0.3, -0.25) is 4.57 Å². The van der Waals surface area contributed by atoms with Gasteiger partial charge in [-0.1, -0.05) is 146 Å². The van der Waals surface area contributed by atoms with Gasteiger partial charge in [0.05, 0.1) is 49.1 Å². The predicted octanol–water partition coefficient (Wildman–Crippen LogP) is 15.5. The Bertz CT molecular complexity index is 4400. The Morgan fingerprint density at radius 3 is 1.51 bits per heavy atom. The van der Waals surface area contributed by atoms with E-state index >= 15 is 0 Å². The zero-order valence-electron chi connectivity index (χ0n) is 35.4. The SMILES string of the molecule is c1ccc(-c2nc3cccc(-n4c5ccccc5c5ccc6c7ccccc7n(-c7nc(-c8cccc9c8oc8ccccc89)nc(-c8cccc9c8oc8ccccc89)n7)c6c54)c3s2)cc1. The van der Waals surface area contributed by atoms with Crippen molar-refractivity contribution in [1.82, 2.24) is 29.1 Å². The first-order valence-corrected chi connectivity index (χ1v) is 23.0. The Balaban J connectivity index is 1.08. The average molecular weight is 877 g/mol. The number of fused-ring (bicyclic) bond motifs is 14. The molecule has 0 spiro atoms. The van der Waals surface area contributed by atoms with E-state index in [0.717, 1.165) is 114 Å². The van der Waals surface area contributed by atoms with Crippen molar-refractivity contribution in [3.05, 3.63) is 194 Å². The highest BCUT2D eigenvalue weighted by Gasteiger charge is 2.26. The third-order valence-electron chi connectivity index (χ3n) is 13.2. The Kier molecular flexibility index (Phi) is 7.50. The van der Waals surface area contributed by atoms with Crippen molar-refractivity contribution in [2.24, 2.45) is 0 Å². The molecule has 0 aliphatic carbocycles. The minimum Gasteiger partial charge on any atom is -0.455 e. The van der Waals surface area contributed by atoms with Crippen molar-refractivity contribution in [2.75, 3.05) is 0 Å². The van der Waals surface area contributed by atoms with Crippen LogP contribution in [-0.4, -0.2) is 29.1 Å². The number of nitrogens with zero attached hydrogens (tertiary/aromatic N) is 6. The summed E-state index contributed by atoms with van der Waals surface area (Å²) in [6.45, 7) is 0. The van der Waals surface area contributed by atoms with Crippen LogP contribution in [0.25, 0.3) is 143 Å². The van der Waals surface area contributed by atoms with Gasteiger partial charge in [0.1, 0.15) is 27.3 Å². The van der Waals surface area contributed by atoms with E-state index in [4.69, 9.17) is 28.8 Å². The van der Waals surface area contributed by atoms with Gasteiger partial charge in [0.15, 0.2) is 11.6 Å².